The summed E-state index contributed by atoms with van der Waals surface area (Å²) >= 11 is 0. The van der Waals surface area contributed by atoms with Gasteiger partial charge in [-0.25, -0.2) is 4.39 Å². The number of hydrogen-bond acceptors (Lipinski definition) is 4. The fraction of sp³-hybridized carbons (Fsp3) is 0.467. The summed E-state index contributed by atoms with van der Waals surface area (Å²) in [6, 6.07) is 4.22. The van der Waals surface area contributed by atoms with Gasteiger partial charge >= 0.3 is 0 Å². The van der Waals surface area contributed by atoms with E-state index in [2.05, 4.69) is 11.8 Å². The molecule has 1 aromatic rings. The van der Waals surface area contributed by atoms with Crippen molar-refractivity contribution in [1.29, 1.82) is 0 Å². The first kappa shape index (κ1) is 16.4. The summed E-state index contributed by atoms with van der Waals surface area (Å²) in [6.07, 6.45) is 0.847. The van der Waals surface area contributed by atoms with E-state index in [-0.39, 0.29) is 12.4 Å². The topological polar surface area (TPSA) is 53.7 Å². The molecule has 1 rings (SSSR count). The van der Waals surface area contributed by atoms with Crippen LogP contribution in [0.3, 0.4) is 0 Å². The van der Waals surface area contributed by atoms with Gasteiger partial charge in [-0.05, 0) is 24.6 Å². The smallest absolute Gasteiger partial charge is 0.135 e. The van der Waals surface area contributed by atoms with Crippen molar-refractivity contribution in [2.45, 2.75) is 6.42 Å². The molecule has 0 saturated heterocycles. The van der Waals surface area contributed by atoms with Crippen LogP contribution < -0.4 is 10.5 Å². The summed E-state index contributed by atoms with van der Waals surface area (Å²) in [5.74, 6) is 5.65. The highest BCUT2D eigenvalue weighted by Gasteiger charge is 2.03. The second-order valence-corrected chi connectivity index (χ2v) is 3.95. The average molecular weight is 281 g/mol. The van der Waals surface area contributed by atoms with Crippen LogP contribution in [-0.2, 0) is 9.47 Å². The fourth-order valence-corrected chi connectivity index (χ4v) is 1.49. The number of ether oxygens (including phenoxy) is 3. The lowest BCUT2D eigenvalue weighted by atomic mass is 10.2. The second kappa shape index (κ2) is 10.2. The highest BCUT2D eigenvalue weighted by molar-refractivity contribution is 5.46. The minimum atomic E-state index is -0.352. The molecule has 20 heavy (non-hydrogen) atoms. The molecule has 0 saturated carbocycles. The third-order valence-corrected chi connectivity index (χ3v) is 2.39. The molecule has 4 nitrogen and oxygen atoms in total. The van der Waals surface area contributed by atoms with E-state index >= 15 is 0 Å². The van der Waals surface area contributed by atoms with Gasteiger partial charge in [-0.2, -0.15) is 0 Å². The molecule has 0 atom stereocenters. The van der Waals surface area contributed by atoms with Crippen LogP contribution in [0.15, 0.2) is 18.2 Å². The molecule has 2 N–H and O–H groups in total. The summed E-state index contributed by atoms with van der Waals surface area (Å²) in [4.78, 5) is 0. The number of rotatable bonds is 8. The van der Waals surface area contributed by atoms with Gasteiger partial charge in [-0.3, -0.25) is 0 Å². The summed E-state index contributed by atoms with van der Waals surface area (Å²) in [5.41, 5.74) is 5.80. The summed E-state index contributed by atoms with van der Waals surface area (Å²) in [6.45, 7) is 2.37. The van der Waals surface area contributed by atoms with Gasteiger partial charge < -0.3 is 19.9 Å². The summed E-state index contributed by atoms with van der Waals surface area (Å²) < 4.78 is 29.0. The van der Waals surface area contributed by atoms with Crippen molar-refractivity contribution in [2.75, 3.05) is 40.1 Å². The molecule has 1 aromatic carbocycles. The van der Waals surface area contributed by atoms with Gasteiger partial charge in [0.05, 0.1) is 18.7 Å². The number of methoxy groups -OCH3 is 1. The minimum Gasteiger partial charge on any atom is -0.490 e. The molecule has 0 heterocycles. The van der Waals surface area contributed by atoms with Crippen molar-refractivity contribution in [3.8, 4) is 17.6 Å². The quantitative estimate of drug-likeness (QED) is 0.580. The van der Waals surface area contributed by atoms with Crippen molar-refractivity contribution >= 4 is 0 Å². The van der Waals surface area contributed by atoms with Crippen LogP contribution in [0.2, 0.25) is 0 Å². The highest BCUT2D eigenvalue weighted by Crippen LogP contribution is 2.18. The van der Waals surface area contributed by atoms with Crippen LogP contribution >= 0.6 is 0 Å². The van der Waals surface area contributed by atoms with Crippen molar-refractivity contribution in [3.05, 3.63) is 29.6 Å². The predicted octanol–water partition coefficient (Wildman–Crippen LogP) is 1.57. The van der Waals surface area contributed by atoms with Gasteiger partial charge in [-0.15, -0.1) is 0 Å². The number of nitrogens with two attached hydrogens (primary N) is 1. The van der Waals surface area contributed by atoms with E-state index in [0.29, 0.717) is 37.7 Å². The molecule has 0 radical (unpaired) electrons. The maximum absolute atomic E-state index is 13.1. The van der Waals surface area contributed by atoms with Crippen molar-refractivity contribution in [2.24, 2.45) is 5.73 Å². The van der Waals surface area contributed by atoms with E-state index in [1.165, 1.54) is 12.1 Å². The van der Waals surface area contributed by atoms with E-state index < -0.39 is 0 Å². The Morgan fingerprint density at radius 1 is 1.20 bits per heavy atom. The SMILES string of the molecule is COCCCOCCOc1ccc(F)cc1C#CCN. The Morgan fingerprint density at radius 2 is 2.05 bits per heavy atom. The Hall–Kier alpha value is -1.61. The van der Waals surface area contributed by atoms with Crippen LogP contribution in [0.4, 0.5) is 4.39 Å². The number of halogens is 1. The Kier molecular flexibility index (Phi) is 8.40. The number of benzene rings is 1. The molecule has 0 unspecified atom stereocenters. The van der Waals surface area contributed by atoms with Crippen molar-refractivity contribution in [3.63, 3.8) is 0 Å². The summed E-state index contributed by atoms with van der Waals surface area (Å²) in [5, 5.41) is 0. The Bertz CT molecular complexity index is 454. The predicted molar refractivity (Wildman–Crippen MR) is 75.1 cm³/mol. The van der Waals surface area contributed by atoms with Gasteiger partial charge in [0.2, 0.25) is 0 Å². The molecular weight excluding hydrogens is 261 g/mol. The van der Waals surface area contributed by atoms with Crippen LogP contribution in [0.1, 0.15) is 12.0 Å². The molecule has 0 aliphatic rings. The van der Waals surface area contributed by atoms with Gasteiger partial charge in [0, 0.05) is 20.3 Å². The van der Waals surface area contributed by atoms with Crippen LogP contribution in [0.5, 0.6) is 5.75 Å². The first-order valence-corrected chi connectivity index (χ1v) is 6.46. The van der Waals surface area contributed by atoms with E-state index in [0.717, 1.165) is 6.42 Å². The standard InChI is InChI=1S/C15H20FNO3/c1-18-8-3-9-19-10-11-20-15-6-5-14(16)12-13(15)4-2-7-17/h5-6,12H,3,7-11,17H2,1H3. The molecule has 0 aliphatic heterocycles. The molecule has 0 bridgehead atoms. The van der Waals surface area contributed by atoms with Gasteiger partial charge in [0.15, 0.2) is 0 Å². The second-order valence-electron chi connectivity index (χ2n) is 3.95. The fourth-order valence-electron chi connectivity index (χ4n) is 1.49. The first-order chi connectivity index (χ1) is 9.77. The lowest BCUT2D eigenvalue weighted by Gasteiger charge is -2.09. The zero-order valence-corrected chi connectivity index (χ0v) is 11.7. The van der Waals surface area contributed by atoms with Gasteiger partial charge in [-0.1, -0.05) is 11.8 Å². The zero-order valence-electron chi connectivity index (χ0n) is 11.7. The summed E-state index contributed by atoms with van der Waals surface area (Å²) in [7, 11) is 1.65. The molecule has 0 spiro atoms. The zero-order chi connectivity index (χ0) is 14.6. The van der Waals surface area contributed by atoms with Gasteiger partial charge in [0.25, 0.3) is 0 Å². The normalized spacial score (nSPS) is 9.95. The van der Waals surface area contributed by atoms with Crippen LogP contribution in [0, 0.1) is 17.7 Å². The molecule has 110 valence electrons. The Labute approximate surface area is 119 Å². The minimum absolute atomic E-state index is 0.221. The van der Waals surface area contributed by atoms with Crippen LogP contribution in [0.25, 0.3) is 0 Å². The van der Waals surface area contributed by atoms with E-state index in [4.69, 9.17) is 19.9 Å². The molecular formula is C15H20FNO3. The Morgan fingerprint density at radius 3 is 2.80 bits per heavy atom. The highest BCUT2D eigenvalue weighted by atomic mass is 19.1. The number of hydrogen-bond donors (Lipinski definition) is 1. The molecule has 0 aliphatic carbocycles. The van der Waals surface area contributed by atoms with Crippen LogP contribution in [-0.4, -0.2) is 40.1 Å². The van der Waals surface area contributed by atoms with E-state index in [9.17, 15) is 4.39 Å². The Balaban J connectivity index is 2.39. The van der Waals surface area contributed by atoms with E-state index in [1.807, 2.05) is 0 Å². The average Bonchev–Trinajstić information content (AvgIpc) is 2.45. The largest absolute Gasteiger partial charge is 0.490 e. The lowest BCUT2D eigenvalue weighted by molar-refractivity contribution is 0.0806. The maximum Gasteiger partial charge on any atom is 0.135 e. The van der Waals surface area contributed by atoms with E-state index in [1.54, 1.807) is 13.2 Å². The van der Waals surface area contributed by atoms with Gasteiger partial charge in [0.1, 0.15) is 18.2 Å². The third-order valence-electron chi connectivity index (χ3n) is 2.39. The lowest BCUT2D eigenvalue weighted by Crippen LogP contribution is -2.09. The molecule has 0 fully saturated rings. The first-order valence-electron chi connectivity index (χ1n) is 6.46. The van der Waals surface area contributed by atoms with Crippen molar-refractivity contribution in [1.82, 2.24) is 0 Å². The molecule has 0 amide bonds. The maximum atomic E-state index is 13.1. The molecule has 0 aromatic heterocycles. The van der Waals surface area contributed by atoms with Crippen molar-refractivity contribution < 1.29 is 18.6 Å². The third kappa shape index (κ3) is 6.53. The molecule has 5 heteroatoms. The monoisotopic (exact) mass is 281 g/mol.